The summed E-state index contributed by atoms with van der Waals surface area (Å²) in [6.07, 6.45) is 0.725. The quantitative estimate of drug-likeness (QED) is 0.685. The Balaban J connectivity index is 1.48. The highest BCUT2D eigenvalue weighted by atomic mass is 16.4. The van der Waals surface area contributed by atoms with Gasteiger partial charge >= 0.3 is 6.09 Å². The predicted octanol–water partition coefficient (Wildman–Crippen LogP) is 0.380. The average molecular weight is 262 g/mol. The molecule has 2 aliphatic rings. The minimum absolute atomic E-state index is 0.0770. The Hall–Kier alpha value is -2.31. The first-order valence-electron chi connectivity index (χ1n) is 6.11. The number of rotatable bonds is 3. The van der Waals surface area contributed by atoms with Crippen LogP contribution in [0.2, 0.25) is 0 Å². The van der Waals surface area contributed by atoms with Crippen LogP contribution in [-0.2, 0) is 4.79 Å². The molecule has 2 amide bonds. The number of carbonyl (C=O) groups excluding carboxylic acids is 1. The summed E-state index contributed by atoms with van der Waals surface area (Å²) in [7, 11) is 0. The lowest BCUT2D eigenvalue weighted by Crippen LogP contribution is -2.36. The Morgan fingerprint density at radius 1 is 1.32 bits per heavy atom. The molecule has 2 fully saturated rings. The summed E-state index contributed by atoms with van der Waals surface area (Å²) in [5.74, 6) is 0.745. The lowest BCUT2D eigenvalue weighted by atomic mass is 10.2. The molecule has 3 rings (SSSR count). The topological polar surface area (TPSA) is 94.6 Å². The molecular weight excluding hydrogens is 248 g/mol. The number of aromatic nitrogens is 1. The fraction of sp³-hybridized carbons (Fsp3) is 0.417. The summed E-state index contributed by atoms with van der Waals surface area (Å²) in [5.41, 5.74) is 5.36. The number of fused-ring (bicyclic) bond motifs is 1. The highest BCUT2D eigenvalue weighted by molar-refractivity contribution is 5.84. The number of carbonyl (C=O) groups is 2. The van der Waals surface area contributed by atoms with Crippen LogP contribution in [0.5, 0.6) is 0 Å². The van der Waals surface area contributed by atoms with E-state index in [0.717, 1.165) is 0 Å². The van der Waals surface area contributed by atoms with E-state index in [9.17, 15) is 9.59 Å². The SMILES string of the molecule is O=C(NNc1ccccn1)C1[C@H]2CN(C(=O)O)C[C@@H]12. The summed E-state index contributed by atoms with van der Waals surface area (Å²) < 4.78 is 0. The molecule has 1 aromatic heterocycles. The van der Waals surface area contributed by atoms with E-state index in [1.165, 1.54) is 4.90 Å². The zero-order valence-electron chi connectivity index (χ0n) is 10.1. The van der Waals surface area contributed by atoms with Crippen LogP contribution in [0.15, 0.2) is 24.4 Å². The van der Waals surface area contributed by atoms with Gasteiger partial charge in [0.1, 0.15) is 5.82 Å². The van der Waals surface area contributed by atoms with Crippen LogP contribution in [0, 0.1) is 17.8 Å². The van der Waals surface area contributed by atoms with Crippen molar-refractivity contribution < 1.29 is 14.7 Å². The molecule has 0 aromatic carbocycles. The molecule has 2 heterocycles. The number of anilines is 1. The maximum atomic E-state index is 11.9. The van der Waals surface area contributed by atoms with Crippen LogP contribution in [0.4, 0.5) is 10.6 Å². The van der Waals surface area contributed by atoms with Gasteiger partial charge in [-0.25, -0.2) is 9.78 Å². The van der Waals surface area contributed by atoms with Gasteiger partial charge < -0.3 is 10.0 Å². The minimum atomic E-state index is -0.905. The Morgan fingerprint density at radius 3 is 2.63 bits per heavy atom. The van der Waals surface area contributed by atoms with E-state index in [4.69, 9.17) is 5.11 Å². The Labute approximate surface area is 109 Å². The van der Waals surface area contributed by atoms with Crippen molar-refractivity contribution in [3.63, 3.8) is 0 Å². The molecule has 3 N–H and O–H groups in total. The van der Waals surface area contributed by atoms with Crippen LogP contribution < -0.4 is 10.9 Å². The molecule has 7 heteroatoms. The van der Waals surface area contributed by atoms with Gasteiger partial charge in [0.2, 0.25) is 5.91 Å². The van der Waals surface area contributed by atoms with Gasteiger partial charge in [-0.05, 0) is 24.0 Å². The second-order valence-corrected chi connectivity index (χ2v) is 4.87. The smallest absolute Gasteiger partial charge is 0.407 e. The normalized spacial score (nSPS) is 27.6. The number of nitrogens with zero attached hydrogens (tertiary/aromatic N) is 2. The molecular formula is C12H14N4O3. The Kier molecular flexibility index (Phi) is 2.73. The van der Waals surface area contributed by atoms with Gasteiger partial charge in [-0.2, -0.15) is 0 Å². The van der Waals surface area contributed by atoms with Crippen LogP contribution in [0.1, 0.15) is 0 Å². The number of nitrogens with one attached hydrogen (secondary N) is 2. The van der Waals surface area contributed by atoms with Gasteiger partial charge in [0.25, 0.3) is 0 Å². The summed E-state index contributed by atoms with van der Waals surface area (Å²) in [6, 6.07) is 5.36. The molecule has 1 aliphatic heterocycles. The second-order valence-electron chi connectivity index (χ2n) is 4.87. The van der Waals surface area contributed by atoms with Gasteiger partial charge in [0.15, 0.2) is 0 Å². The van der Waals surface area contributed by atoms with Crippen LogP contribution in [-0.4, -0.2) is 40.1 Å². The monoisotopic (exact) mass is 262 g/mol. The van der Waals surface area contributed by atoms with E-state index in [2.05, 4.69) is 15.8 Å². The van der Waals surface area contributed by atoms with Gasteiger partial charge in [0, 0.05) is 25.2 Å². The maximum Gasteiger partial charge on any atom is 0.407 e. The molecule has 1 saturated heterocycles. The van der Waals surface area contributed by atoms with Crippen molar-refractivity contribution in [3.05, 3.63) is 24.4 Å². The van der Waals surface area contributed by atoms with Gasteiger partial charge in [0.05, 0.1) is 0 Å². The van der Waals surface area contributed by atoms with Crippen molar-refractivity contribution in [3.8, 4) is 0 Å². The Bertz CT molecular complexity index is 495. The lowest BCUT2D eigenvalue weighted by Gasteiger charge is -2.15. The third kappa shape index (κ3) is 2.18. The molecule has 1 saturated carbocycles. The Morgan fingerprint density at radius 2 is 2.05 bits per heavy atom. The molecule has 0 spiro atoms. The zero-order valence-corrected chi connectivity index (χ0v) is 10.1. The fourth-order valence-corrected chi connectivity index (χ4v) is 2.72. The lowest BCUT2D eigenvalue weighted by molar-refractivity contribution is -0.122. The van der Waals surface area contributed by atoms with Gasteiger partial charge in [-0.15, -0.1) is 0 Å². The van der Waals surface area contributed by atoms with Crippen molar-refractivity contribution in [2.24, 2.45) is 17.8 Å². The number of hydrazine groups is 1. The van der Waals surface area contributed by atoms with E-state index in [1.54, 1.807) is 18.3 Å². The molecule has 1 unspecified atom stereocenters. The molecule has 0 radical (unpaired) electrons. The van der Waals surface area contributed by atoms with E-state index < -0.39 is 6.09 Å². The number of pyridine rings is 1. The van der Waals surface area contributed by atoms with Gasteiger partial charge in [-0.1, -0.05) is 6.07 Å². The molecule has 3 atom stereocenters. The summed E-state index contributed by atoms with van der Waals surface area (Å²) >= 11 is 0. The third-order valence-electron chi connectivity index (χ3n) is 3.75. The van der Waals surface area contributed by atoms with Crippen molar-refractivity contribution in [2.45, 2.75) is 0 Å². The number of carboxylic acid groups (broad SMARTS) is 1. The number of likely N-dealkylation sites (tertiary alicyclic amines) is 1. The van der Waals surface area contributed by atoms with Crippen molar-refractivity contribution in [1.29, 1.82) is 0 Å². The van der Waals surface area contributed by atoms with Gasteiger partial charge in [-0.3, -0.25) is 15.6 Å². The third-order valence-corrected chi connectivity index (χ3v) is 3.75. The van der Waals surface area contributed by atoms with Crippen LogP contribution in [0.25, 0.3) is 0 Å². The van der Waals surface area contributed by atoms with E-state index >= 15 is 0 Å². The fourth-order valence-electron chi connectivity index (χ4n) is 2.72. The highest BCUT2D eigenvalue weighted by Gasteiger charge is 2.60. The van der Waals surface area contributed by atoms with Crippen molar-refractivity contribution in [1.82, 2.24) is 15.3 Å². The summed E-state index contributed by atoms with van der Waals surface area (Å²) in [5, 5.41) is 8.83. The van der Waals surface area contributed by atoms with Crippen LogP contribution in [0.3, 0.4) is 0 Å². The first kappa shape index (κ1) is 11.8. The zero-order chi connectivity index (χ0) is 13.4. The highest BCUT2D eigenvalue weighted by Crippen LogP contribution is 2.51. The number of hydrogen-bond acceptors (Lipinski definition) is 4. The maximum absolute atomic E-state index is 11.9. The van der Waals surface area contributed by atoms with Crippen molar-refractivity contribution in [2.75, 3.05) is 18.5 Å². The molecule has 7 nitrogen and oxygen atoms in total. The predicted molar refractivity (Wildman–Crippen MR) is 66.1 cm³/mol. The van der Waals surface area contributed by atoms with E-state index in [1.807, 2.05) is 6.07 Å². The van der Waals surface area contributed by atoms with Crippen LogP contribution >= 0.6 is 0 Å². The minimum Gasteiger partial charge on any atom is -0.465 e. The standard InChI is InChI=1S/C12H14N4O3/c17-11(15-14-9-3-1-2-4-13-9)10-7-5-16(12(18)19)6-8(7)10/h1-4,7-8,10H,5-6H2,(H,13,14)(H,15,17)(H,18,19)/t7-,8+,10?. The molecule has 0 bridgehead atoms. The van der Waals surface area contributed by atoms with E-state index in [0.29, 0.717) is 18.9 Å². The second kappa shape index (κ2) is 4.42. The number of amides is 2. The summed E-state index contributed by atoms with van der Waals surface area (Å²) in [4.78, 5) is 28.1. The average Bonchev–Trinajstić information content (AvgIpc) is 2.91. The molecule has 19 heavy (non-hydrogen) atoms. The number of hydrogen-bond donors (Lipinski definition) is 3. The molecule has 1 aromatic rings. The first-order valence-corrected chi connectivity index (χ1v) is 6.11. The van der Waals surface area contributed by atoms with Crippen molar-refractivity contribution >= 4 is 17.8 Å². The first-order chi connectivity index (χ1) is 9.16. The summed E-state index contributed by atoms with van der Waals surface area (Å²) in [6.45, 7) is 0.920. The van der Waals surface area contributed by atoms with E-state index in [-0.39, 0.29) is 23.7 Å². The molecule has 1 aliphatic carbocycles. The largest absolute Gasteiger partial charge is 0.465 e. The molecule has 100 valence electrons. The number of piperidine rings is 1.